The summed E-state index contributed by atoms with van der Waals surface area (Å²) >= 11 is 0. The molecule has 1 saturated heterocycles. The number of H-pyrrole nitrogens is 1. The minimum Gasteiger partial charge on any atom is -0.487 e. The van der Waals surface area contributed by atoms with Gasteiger partial charge in [-0.25, -0.2) is 9.97 Å². The maximum Gasteiger partial charge on any atom is 0.157 e. The third kappa shape index (κ3) is 4.36. The number of hydrogen-bond donors (Lipinski definition) is 3. The molecule has 36 heavy (non-hydrogen) atoms. The predicted octanol–water partition coefficient (Wildman–Crippen LogP) is 4.04. The zero-order valence-corrected chi connectivity index (χ0v) is 19.9. The van der Waals surface area contributed by atoms with Crippen LogP contribution in [0.1, 0.15) is 18.5 Å². The molecule has 0 bridgehead atoms. The van der Waals surface area contributed by atoms with Crippen LogP contribution in [0.25, 0.3) is 33.5 Å². The number of nitrogens with one attached hydrogen (secondary N) is 1. The van der Waals surface area contributed by atoms with Crippen LogP contribution in [0.2, 0.25) is 0 Å². The number of benzene rings is 2. The van der Waals surface area contributed by atoms with E-state index in [0.29, 0.717) is 31.8 Å². The lowest BCUT2D eigenvalue weighted by atomic mass is 9.91. The monoisotopic (exact) mass is 480 g/mol. The van der Waals surface area contributed by atoms with Crippen molar-refractivity contribution in [2.75, 3.05) is 24.5 Å². The first-order valence-electron chi connectivity index (χ1n) is 12.2. The van der Waals surface area contributed by atoms with E-state index in [1.807, 2.05) is 42.5 Å². The van der Waals surface area contributed by atoms with Gasteiger partial charge in [0, 0.05) is 37.3 Å². The molecule has 5 aromatic rings. The van der Waals surface area contributed by atoms with E-state index in [-0.39, 0.29) is 0 Å². The molecule has 0 spiro atoms. The highest BCUT2D eigenvalue weighted by atomic mass is 16.5. The zero-order chi connectivity index (χ0) is 24.5. The number of aromatic amines is 1. The van der Waals surface area contributed by atoms with E-state index in [4.69, 9.17) is 20.4 Å². The molecule has 8 nitrogen and oxygen atoms in total. The molecule has 1 aliphatic rings. The average molecular weight is 481 g/mol. The third-order valence-corrected chi connectivity index (χ3v) is 6.92. The normalized spacial score (nSPS) is 15.4. The van der Waals surface area contributed by atoms with Crippen molar-refractivity contribution < 1.29 is 9.84 Å². The van der Waals surface area contributed by atoms with Gasteiger partial charge in [-0.05, 0) is 49.2 Å². The summed E-state index contributed by atoms with van der Waals surface area (Å²) in [5, 5.41) is 11.6. The Hall–Kier alpha value is -4.01. The third-order valence-electron chi connectivity index (χ3n) is 6.92. The number of rotatable bonds is 6. The van der Waals surface area contributed by atoms with Crippen molar-refractivity contribution >= 4 is 27.6 Å². The molecule has 4 N–H and O–H groups in total. The first-order valence-corrected chi connectivity index (χ1v) is 12.2. The summed E-state index contributed by atoms with van der Waals surface area (Å²) < 4.78 is 5.92. The van der Waals surface area contributed by atoms with Crippen molar-refractivity contribution in [1.29, 1.82) is 0 Å². The van der Waals surface area contributed by atoms with Crippen LogP contribution in [-0.4, -0.2) is 50.3 Å². The van der Waals surface area contributed by atoms with Crippen LogP contribution in [0.3, 0.4) is 0 Å². The van der Waals surface area contributed by atoms with E-state index in [0.717, 1.165) is 57.9 Å². The molecule has 0 atom stereocenters. The molecular formula is C28H28N6O2. The number of anilines is 1. The lowest BCUT2D eigenvalue weighted by Crippen LogP contribution is -2.48. The Labute approximate surface area is 208 Å². The number of fused-ring (bicyclic) bond motifs is 2. The van der Waals surface area contributed by atoms with Crippen LogP contribution >= 0.6 is 0 Å². The number of aliphatic hydroxyl groups is 1. The van der Waals surface area contributed by atoms with Crippen molar-refractivity contribution in [2.24, 2.45) is 5.73 Å². The summed E-state index contributed by atoms with van der Waals surface area (Å²) in [7, 11) is 0. The molecule has 0 aliphatic carbocycles. The second-order valence-corrected chi connectivity index (χ2v) is 9.33. The van der Waals surface area contributed by atoms with Gasteiger partial charge < -0.3 is 25.5 Å². The highest BCUT2D eigenvalue weighted by Crippen LogP contribution is 2.32. The lowest BCUT2D eigenvalue weighted by molar-refractivity contribution is 0.0250. The molecule has 1 fully saturated rings. The number of hydrogen-bond acceptors (Lipinski definition) is 7. The van der Waals surface area contributed by atoms with E-state index in [1.54, 1.807) is 6.20 Å². The lowest BCUT2D eigenvalue weighted by Gasteiger charge is -2.38. The molecule has 4 heterocycles. The van der Waals surface area contributed by atoms with Crippen LogP contribution in [0.15, 0.2) is 72.9 Å². The Balaban J connectivity index is 1.28. The number of nitrogens with zero attached hydrogens (tertiary/aromatic N) is 4. The van der Waals surface area contributed by atoms with Gasteiger partial charge in [0.25, 0.3) is 0 Å². The second kappa shape index (κ2) is 9.22. The maximum atomic E-state index is 10.5. The number of nitrogens with two attached hydrogens (primary N) is 1. The Morgan fingerprint density at radius 1 is 1.00 bits per heavy atom. The smallest absolute Gasteiger partial charge is 0.157 e. The molecule has 2 aromatic carbocycles. The van der Waals surface area contributed by atoms with Gasteiger partial charge in [0.2, 0.25) is 0 Å². The molecule has 182 valence electrons. The fraction of sp³-hybridized carbons (Fsp3) is 0.250. The molecule has 1 aliphatic heterocycles. The Morgan fingerprint density at radius 2 is 1.89 bits per heavy atom. The van der Waals surface area contributed by atoms with E-state index >= 15 is 0 Å². The average Bonchev–Trinajstić information content (AvgIpc) is 3.36. The maximum absolute atomic E-state index is 10.5. The summed E-state index contributed by atoms with van der Waals surface area (Å²) in [4.78, 5) is 19.8. The summed E-state index contributed by atoms with van der Waals surface area (Å²) in [5.74, 6) is 1.46. The highest BCUT2D eigenvalue weighted by molar-refractivity contribution is 5.92. The standard InChI is InChI=1S/C28H28N6O2/c29-18-28(35)11-14-34(15-12-28)25-6-3-4-19-7-9-23(31-26(19)25)27-32-22-10-8-21(16-24(22)33-27)36-17-20-5-1-2-13-30-20/h1-10,13,16,35H,11-12,14-15,17-18,29H2,(H,32,33). The van der Waals surface area contributed by atoms with Gasteiger partial charge in [0.15, 0.2) is 5.82 Å². The van der Waals surface area contributed by atoms with Gasteiger partial charge >= 0.3 is 0 Å². The van der Waals surface area contributed by atoms with Gasteiger partial charge in [0.1, 0.15) is 18.1 Å². The number of pyridine rings is 2. The Morgan fingerprint density at radius 3 is 2.69 bits per heavy atom. The fourth-order valence-corrected chi connectivity index (χ4v) is 4.73. The SMILES string of the molecule is NCC1(O)CCN(c2cccc3ccc(-c4nc5ccc(OCc6ccccn6)cc5[nH]4)nc23)CC1. The van der Waals surface area contributed by atoms with Gasteiger partial charge in [-0.2, -0.15) is 0 Å². The predicted molar refractivity (Wildman–Crippen MR) is 141 cm³/mol. The Kier molecular flexibility index (Phi) is 5.75. The number of para-hydroxylation sites is 1. The highest BCUT2D eigenvalue weighted by Gasteiger charge is 2.31. The molecule has 6 rings (SSSR count). The summed E-state index contributed by atoms with van der Waals surface area (Å²) in [6.45, 7) is 2.18. The van der Waals surface area contributed by atoms with Crippen LogP contribution in [0.5, 0.6) is 5.75 Å². The minimum absolute atomic E-state index is 0.292. The van der Waals surface area contributed by atoms with E-state index in [2.05, 4.69) is 39.1 Å². The van der Waals surface area contributed by atoms with Gasteiger partial charge in [-0.15, -0.1) is 0 Å². The number of aromatic nitrogens is 4. The van der Waals surface area contributed by atoms with Crippen LogP contribution in [0.4, 0.5) is 5.69 Å². The number of ether oxygens (including phenoxy) is 1. The van der Waals surface area contributed by atoms with Crippen LogP contribution < -0.4 is 15.4 Å². The topological polar surface area (TPSA) is 113 Å². The van der Waals surface area contributed by atoms with Crippen molar-refractivity contribution in [2.45, 2.75) is 25.0 Å². The van der Waals surface area contributed by atoms with Gasteiger partial charge in [-0.3, -0.25) is 4.98 Å². The molecule has 8 heteroatoms. The van der Waals surface area contributed by atoms with Crippen molar-refractivity contribution in [1.82, 2.24) is 19.9 Å². The van der Waals surface area contributed by atoms with E-state index in [9.17, 15) is 5.11 Å². The van der Waals surface area contributed by atoms with Gasteiger partial charge in [-0.1, -0.05) is 24.3 Å². The van der Waals surface area contributed by atoms with Crippen molar-refractivity contribution in [3.8, 4) is 17.3 Å². The molecule has 0 amide bonds. The molecular weight excluding hydrogens is 452 g/mol. The molecule has 0 unspecified atom stereocenters. The first kappa shape index (κ1) is 22.5. The van der Waals surface area contributed by atoms with Crippen LogP contribution in [0, 0.1) is 0 Å². The fourth-order valence-electron chi connectivity index (χ4n) is 4.73. The van der Waals surface area contributed by atoms with Crippen molar-refractivity contribution in [3.05, 3.63) is 78.6 Å². The molecule has 3 aromatic heterocycles. The van der Waals surface area contributed by atoms with Crippen molar-refractivity contribution in [3.63, 3.8) is 0 Å². The number of imidazole rings is 1. The first-order chi connectivity index (χ1) is 17.6. The molecule has 0 saturated carbocycles. The second-order valence-electron chi connectivity index (χ2n) is 9.33. The van der Waals surface area contributed by atoms with E-state index < -0.39 is 5.60 Å². The quantitative estimate of drug-likeness (QED) is 0.336. The summed E-state index contributed by atoms with van der Waals surface area (Å²) in [6.07, 6.45) is 3.05. The molecule has 0 radical (unpaired) electrons. The largest absolute Gasteiger partial charge is 0.487 e. The summed E-state index contributed by atoms with van der Waals surface area (Å²) in [5.41, 5.74) is 10.4. The number of piperidine rings is 1. The summed E-state index contributed by atoms with van der Waals surface area (Å²) in [6, 6.07) is 21.9. The Bertz CT molecular complexity index is 1510. The van der Waals surface area contributed by atoms with E-state index in [1.165, 1.54) is 0 Å². The minimum atomic E-state index is -0.770. The van der Waals surface area contributed by atoms with Gasteiger partial charge in [0.05, 0.1) is 33.5 Å². The zero-order valence-electron chi connectivity index (χ0n) is 19.9. The van der Waals surface area contributed by atoms with Crippen LogP contribution in [-0.2, 0) is 6.61 Å².